The van der Waals surface area contributed by atoms with E-state index in [0.717, 1.165) is 34.1 Å². The van der Waals surface area contributed by atoms with Gasteiger partial charge in [0.2, 0.25) is 10.0 Å². The average Bonchev–Trinajstić information content (AvgIpc) is 3.12. The van der Waals surface area contributed by atoms with Crippen LogP contribution in [0.15, 0.2) is 47.4 Å². The number of nitrogens with zero attached hydrogens (tertiary/aromatic N) is 3. The van der Waals surface area contributed by atoms with Crippen LogP contribution < -0.4 is 0 Å². The lowest BCUT2D eigenvalue weighted by Gasteiger charge is -2.31. The molecule has 1 aromatic heterocycles. The van der Waals surface area contributed by atoms with Crippen LogP contribution in [0, 0.1) is 17.0 Å². The number of nitro benzene ring substituents is 1. The fourth-order valence-corrected chi connectivity index (χ4v) is 6.16. The molecule has 0 unspecified atom stereocenters. The minimum absolute atomic E-state index is 0.0290. The van der Waals surface area contributed by atoms with Gasteiger partial charge in [0.05, 0.1) is 25.0 Å². The van der Waals surface area contributed by atoms with Crippen molar-refractivity contribution in [3.8, 4) is 0 Å². The Balaban J connectivity index is 1.63. The van der Waals surface area contributed by atoms with Crippen molar-refractivity contribution in [2.75, 3.05) is 13.1 Å². The van der Waals surface area contributed by atoms with Crippen LogP contribution in [0.4, 0.5) is 5.69 Å². The van der Waals surface area contributed by atoms with E-state index in [4.69, 9.17) is 0 Å². The number of benzene rings is 2. The quantitative estimate of drug-likeness (QED) is 0.471. The molecule has 7 nitrogen and oxygen atoms in total. The maximum atomic E-state index is 13.1. The molecule has 28 heavy (non-hydrogen) atoms. The standard InChI is InChI=1S/C19H19N3O4S2/c1-13-8-9-15(11-17(13)22(23)24)28(25,26)21-10-4-5-14(12-21)19-20-16-6-2-3-7-18(16)27-19/h2-3,6-9,11,14H,4-5,10,12H2,1H3/t14-/m1/s1. The number of nitro groups is 1. The van der Waals surface area contributed by atoms with Crippen LogP contribution in [-0.2, 0) is 10.0 Å². The highest BCUT2D eigenvalue weighted by Crippen LogP contribution is 2.35. The van der Waals surface area contributed by atoms with Crippen LogP contribution in [0.1, 0.15) is 29.3 Å². The number of sulfonamides is 1. The number of hydrogen-bond acceptors (Lipinski definition) is 6. The van der Waals surface area contributed by atoms with E-state index >= 15 is 0 Å². The number of rotatable bonds is 4. The Morgan fingerprint density at radius 1 is 1.25 bits per heavy atom. The number of thiazole rings is 1. The number of aryl methyl sites for hydroxylation is 1. The number of fused-ring (bicyclic) bond motifs is 1. The maximum absolute atomic E-state index is 13.1. The third-order valence-electron chi connectivity index (χ3n) is 5.06. The summed E-state index contributed by atoms with van der Waals surface area (Å²) in [6.07, 6.45) is 1.60. The molecular weight excluding hydrogens is 398 g/mol. The van der Waals surface area contributed by atoms with Crippen LogP contribution >= 0.6 is 11.3 Å². The summed E-state index contributed by atoms with van der Waals surface area (Å²) in [6.45, 7) is 2.34. The topological polar surface area (TPSA) is 93.4 Å². The van der Waals surface area contributed by atoms with Gasteiger partial charge in [-0.3, -0.25) is 10.1 Å². The smallest absolute Gasteiger partial charge is 0.258 e. The molecule has 1 aliphatic rings. The molecule has 0 saturated carbocycles. The first-order valence-corrected chi connectivity index (χ1v) is 11.2. The van der Waals surface area contributed by atoms with E-state index < -0.39 is 14.9 Å². The third-order valence-corrected chi connectivity index (χ3v) is 8.12. The third kappa shape index (κ3) is 3.41. The first-order chi connectivity index (χ1) is 13.4. The second kappa shape index (κ2) is 7.23. The van der Waals surface area contributed by atoms with Gasteiger partial charge in [-0.05, 0) is 38.0 Å². The molecule has 1 fully saturated rings. The normalized spacial score (nSPS) is 18.4. The van der Waals surface area contributed by atoms with Gasteiger partial charge in [-0.25, -0.2) is 13.4 Å². The molecule has 1 atom stereocenters. The lowest BCUT2D eigenvalue weighted by atomic mass is 10.0. The van der Waals surface area contributed by atoms with E-state index in [1.165, 1.54) is 16.4 Å². The Morgan fingerprint density at radius 3 is 2.79 bits per heavy atom. The fraction of sp³-hybridized carbons (Fsp3) is 0.316. The van der Waals surface area contributed by atoms with E-state index in [2.05, 4.69) is 4.98 Å². The van der Waals surface area contributed by atoms with E-state index in [1.54, 1.807) is 18.3 Å². The highest BCUT2D eigenvalue weighted by Gasteiger charge is 2.33. The Kier molecular flexibility index (Phi) is 4.90. The number of para-hydroxylation sites is 1. The van der Waals surface area contributed by atoms with Crippen LogP contribution in [0.3, 0.4) is 0 Å². The van der Waals surface area contributed by atoms with E-state index in [9.17, 15) is 18.5 Å². The van der Waals surface area contributed by atoms with Gasteiger partial charge in [0.1, 0.15) is 0 Å². The molecule has 0 amide bonds. The minimum Gasteiger partial charge on any atom is -0.258 e. The SMILES string of the molecule is Cc1ccc(S(=O)(=O)N2CCC[C@@H](c3nc4ccccc4s3)C2)cc1[N+](=O)[O-]. The predicted octanol–water partition coefficient (Wildman–Crippen LogP) is 4.08. The van der Waals surface area contributed by atoms with Crippen LogP contribution in [0.5, 0.6) is 0 Å². The molecule has 2 aromatic carbocycles. The second-order valence-corrected chi connectivity index (χ2v) is 9.93. The second-order valence-electron chi connectivity index (χ2n) is 6.93. The zero-order valence-corrected chi connectivity index (χ0v) is 16.9. The summed E-state index contributed by atoms with van der Waals surface area (Å²) < 4.78 is 28.7. The largest absolute Gasteiger partial charge is 0.273 e. The lowest BCUT2D eigenvalue weighted by Crippen LogP contribution is -2.39. The Hall–Kier alpha value is -2.36. The summed E-state index contributed by atoms with van der Waals surface area (Å²) >= 11 is 1.60. The van der Waals surface area contributed by atoms with Gasteiger partial charge in [0, 0.05) is 30.6 Å². The molecule has 3 aromatic rings. The molecule has 2 heterocycles. The van der Waals surface area contributed by atoms with Gasteiger partial charge >= 0.3 is 0 Å². The first-order valence-electron chi connectivity index (χ1n) is 8.97. The zero-order chi connectivity index (χ0) is 19.9. The van der Waals surface area contributed by atoms with Gasteiger partial charge in [-0.1, -0.05) is 18.2 Å². The van der Waals surface area contributed by atoms with Crippen molar-refractivity contribution in [2.45, 2.75) is 30.6 Å². The molecule has 0 spiro atoms. The van der Waals surface area contributed by atoms with Gasteiger partial charge in [-0.2, -0.15) is 4.31 Å². The van der Waals surface area contributed by atoms with Crippen molar-refractivity contribution in [3.63, 3.8) is 0 Å². The summed E-state index contributed by atoms with van der Waals surface area (Å²) in [7, 11) is -3.80. The van der Waals surface area contributed by atoms with Crippen molar-refractivity contribution >= 4 is 37.3 Å². The van der Waals surface area contributed by atoms with Crippen LogP contribution in [-0.4, -0.2) is 35.7 Å². The minimum atomic E-state index is -3.80. The predicted molar refractivity (Wildman–Crippen MR) is 108 cm³/mol. The van der Waals surface area contributed by atoms with E-state index in [0.29, 0.717) is 18.7 Å². The van der Waals surface area contributed by atoms with Crippen molar-refractivity contribution in [1.82, 2.24) is 9.29 Å². The Labute approximate surface area is 166 Å². The number of aromatic nitrogens is 1. The molecule has 9 heteroatoms. The number of piperidine rings is 1. The van der Waals surface area contributed by atoms with Crippen molar-refractivity contribution in [3.05, 3.63) is 63.1 Å². The highest BCUT2D eigenvalue weighted by molar-refractivity contribution is 7.89. The molecule has 0 radical (unpaired) electrons. The van der Waals surface area contributed by atoms with Crippen LogP contribution in [0.25, 0.3) is 10.2 Å². The van der Waals surface area contributed by atoms with Gasteiger partial charge in [0.15, 0.2) is 0 Å². The molecule has 1 aliphatic heterocycles. The van der Waals surface area contributed by atoms with Crippen molar-refractivity contribution < 1.29 is 13.3 Å². The molecule has 0 bridgehead atoms. The molecule has 1 saturated heterocycles. The lowest BCUT2D eigenvalue weighted by molar-refractivity contribution is -0.385. The van der Waals surface area contributed by atoms with Crippen LogP contribution in [0.2, 0.25) is 0 Å². The Morgan fingerprint density at radius 2 is 2.04 bits per heavy atom. The summed E-state index contributed by atoms with van der Waals surface area (Å²) in [5, 5.41) is 12.1. The highest BCUT2D eigenvalue weighted by atomic mass is 32.2. The monoisotopic (exact) mass is 417 g/mol. The molecule has 0 N–H and O–H groups in total. The van der Waals surface area contributed by atoms with Crippen molar-refractivity contribution in [1.29, 1.82) is 0 Å². The molecule has 0 aliphatic carbocycles. The molecule has 146 valence electrons. The summed E-state index contributed by atoms with van der Waals surface area (Å²) in [5.41, 5.74) is 1.19. The molecule has 4 rings (SSSR count). The zero-order valence-electron chi connectivity index (χ0n) is 15.2. The average molecular weight is 418 g/mol. The van der Waals surface area contributed by atoms with Gasteiger partial charge < -0.3 is 0 Å². The summed E-state index contributed by atoms with van der Waals surface area (Å²) in [5.74, 6) is 0.0290. The van der Waals surface area contributed by atoms with E-state index in [-0.39, 0.29) is 16.5 Å². The van der Waals surface area contributed by atoms with Gasteiger partial charge in [0.25, 0.3) is 5.69 Å². The van der Waals surface area contributed by atoms with E-state index in [1.807, 2.05) is 24.3 Å². The summed E-state index contributed by atoms with van der Waals surface area (Å²) in [6, 6.07) is 12.0. The maximum Gasteiger partial charge on any atom is 0.273 e. The molecular formula is C19H19N3O4S2. The fourth-order valence-electron chi connectivity index (χ4n) is 3.52. The first kappa shape index (κ1) is 19.0. The Bertz CT molecular complexity index is 1120. The number of hydrogen-bond donors (Lipinski definition) is 0. The summed E-state index contributed by atoms with van der Waals surface area (Å²) in [4.78, 5) is 15.3. The van der Waals surface area contributed by atoms with Gasteiger partial charge in [-0.15, -0.1) is 11.3 Å². The van der Waals surface area contributed by atoms with Crippen molar-refractivity contribution in [2.24, 2.45) is 0 Å².